The van der Waals surface area contributed by atoms with Crippen LogP contribution in [0.2, 0.25) is 0 Å². The van der Waals surface area contributed by atoms with Crippen molar-refractivity contribution < 1.29 is 24.5 Å². The standard InChI is InChI=1S/C21H21NO5/c1-2-27-20(25)8-5-11-22-13-16(15-6-3-4-7-17(15)22)21(26)14-9-10-18(23)19(24)12-14/h3-4,6-7,9-10,12-13,23-24H,2,5,8,11H2,1H3. The van der Waals surface area contributed by atoms with Gasteiger partial charge in [-0.2, -0.15) is 0 Å². The summed E-state index contributed by atoms with van der Waals surface area (Å²) in [4.78, 5) is 24.4. The molecular weight excluding hydrogens is 346 g/mol. The van der Waals surface area contributed by atoms with Crippen LogP contribution in [-0.2, 0) is 16.1 Å². The summed E-state index contributed by atoms with van der Waals surface area (Å²) in [6, 6.07) is 11.6. The number of ether oxygens (including phenoxy) is 1. The minimum Gasteiger partial charge on any atom is -0.504 e. The molecule has 3 rings (SSSR count). The van der Waals surface area contributed by atoms with Gasteiger partial charge in [-0.1, -0.05) is 18.2 Å². The van der Waals surface area contributed by atoms with Gasteiger partial charge in [-0.05, 0) is 37.6 Å². The molecule has 0 radical (unpaired) electrons. The lowest BCUT2D eigenvalue weighted by Crippen LogP contribution is -2.06. The molecule has 0 saturated heterocycles. The highest BCUT2D eigenvalue weighted by atomic mass is 16.5. The molecule has 0 fully saturated rings. The maximum Gasteiger partial charge on any atom is 0.305 e. The van der Waals surface area contributed by atoms with Gasteiger partial charge in [0.2, 0.25) is 0 Å². The van der Waals surface area contributed by atoms with Crippen LogP contribution < -0.4 is 0 Å². The topological polar surface area (TPSA) is 88.8 Å². The van der Waals surface area contributed by atoms with Crippen LogP contribution >= 0.6 is 0 Å². The van der Waals surface area contributed by atoms with Crippen molar-refractivity contribution in [2.45, 2.75) is 26.3 Å². The summed E-state index contributed by atoms with van der Waals surface area (Å²) >= 11 is 0. The van der Waals surface area contributed by atoms with Crippen molar-refractivity contribution in [3.8, 4) is 11.5 Å². The normalized spacial score (nSPS) is 10.9. The summed E-state index contributed by atoms with van der Waals surface area (Å²) < 4.78 is 6.89. The Bertz CT molecular complexity index is 989. The molecule has 0 aliphatic heterocycles. The molecule has 2 N–H and O–H groups in total. The number of rotatable bonds is 7. The van der Waals surface area contributed by atoms with Crippen molar-refractivity contribution in [2.24, 2.45) is 0 Å². The van der Waals surface area contributed by atoms with Crippen LogP contribution in [0.4, 0.5) is 0 Å². The minimum absolute atomic E-state index is 0.232. The van der Waals surface area contributed by atoms with E-state index in [1.807, 2.05) is 28.8 Å². The molecule has 1 heterocycles. The van der Waals surface area contributed by atoms with Gasteiger partial charge in [0.25, 0.3) is 0 Å². The van der Waals surface area contributed by atoms with E-state index in [1.165, 1.54) is 18.2 Å². The second-order valence-corrected chi connectivity index (χ2v) is 6.19. The number of carbonyl (C=O) groups excluding carboxylic acids is 2. The van der Waals surface area contributed by atoms with E-state index < -0.39 is 0 Å². The Labute approximate surface area is 156 Å². The van der Waals surface area contributed by atoms with Crippen LogP contribution in [0.25, 0.3) is 10.9 Å². The number of esters is 1. The number of hydrogen-bond donors (Lipinski definition) is 2. The van der Waals surface area contributed by atoms with E-state index in [2.05, 4.69) is 0 Å². The first-order chi connectivity index (χ1) is 13.0. The van der Waals surface area contributed by atoms with Crippen molar-refractivity contribution in [2.75, 3.05) is 6.61 Å². The van der Waals surface area contributed by atoms with Gasteiger partial charge in [0, 0.05) is 41.2 Å². The average Bonchev–Trinajstić information content (AvgIpc) is 3.02. The number of aromatic nitrogens is 1. The molecule has 140 valence electrons. The summed E-state index contributed by atoms with van der Waals surface area (Å²) in [5.74, 6) is -1.08. The predicted octanol–water partition coefficient (Wildman–Crippen LogP) is 3.63. The van der Waals surface area contributed by atoms with E-state index in [-0.39, 0.29) is 23.3 Å². The molecule has 27 heavy (non-hydrogen) atoms. The average molecular weight is 367 g/mol. The zero-order valence-electron chi connectivity index (χ0n) is 15.0. The first-order valence-electron chi connectivity index (χ1n) is 8.81. The second kappa shape index (κ2) is 7.95. The summed E-state index contributed by atoms with van der Waals surface area (Å²) in [7, 11) is 0. The Morgan fingerprint density at radius 3 is 2.59 bits per heavy atom. The zero-order valence-corrected chi connectivity index (χ0v) is 15.0. The number of aromatic hydroxyl groups is 2. The molecular formula is C21H21NO5. The van der Waals surface area contributed by atoms with Crippen LogP contribution in [0.15, 0.2) is 48.7 Å². The summed E-state index contributed by atoms with van der Waals surface area (Å²) in [6.07, 6.45) is 2.68. The van der Waals surface area contributed by atoms with E-state index in [0.29, 0.717) is 37.1 Å². The molecule has 0 spiro atoms. The third-order valence-electron chi connectivity index (χ3n) is 4.36. The van der Waals surface area contributed by atoms with Crippen molar-refractivity contribution in [3.05, 3.63) is 59.8 Å². The van der Waals surface area contributed by atoms with Gasteiger partial charge in [-0.15, -0.1) is 0 Å². The lowest BCUT2D eigenvalue weighted by Gasteiger charge is -2.05. The van der Waals surface area contributed by atoms with Crippen LogP contribution in [0.5, 0.6) is 11.5 Å². The monoisotopic (exact) mass is 367 g/mol. The number of phenols is 2. The number of fused-ring (bicyclic) bond motifs is 1. The fourth-order valence-corrected chi connectivity index (χ4v) is 3.06. The van der Waals surface area contributed by atoms with Crippen LogP contribution in [0.3, 0.4) is 0 Å². The number of hydrogen-bond acceptors (Lipinski definition) is 5. The molecule has 0 aliphatic rings. The quantitative estimate of drug-likeness (QED) is 0.378. The number of ketones is 1. The molecule has 6 heteroatoms. The molecule has 6 nitrogen and oxygen atoms in total. The zero-order chi connectivity index (χ0) is 19.4. The molecule has 1 aromatic heterocycles. The smallest absolute Gasteiger partial charge is 0.305 e. The Balaban J connectivity index is 1.89. The van der Waals surface area contributed by atoms with E-state index in [0.717, 1.165) is 10.9 Å². The molecule has 3 aromatic rings. The van der Waals surface area contributed by atoms with Gasteiger partial charge in [0.05, 0.1) is 6.61 Å². The third kappa shape index (κ3) is 3.95. The fraction of sp³-hybridized carbons (Fsp3) is 0.238. The van der Waals surface area contributed by atoms with E-state index in [4.69, 9.17) is 4.74 Å². The van der Waals surface area contributed by atoms with Gasteiger partial charge < -0.3 is 19.5 Å². The van der Waals surface area contributed by atoms with Gasteiger partial charge in [-0.25, -0.2) is 0 Å². The lowest BCUT2D eigenvalue weighted by atomic mass is 10.0. The Morgan fingerprint density at radius 1 is 1.07 bits per heavy atom. The highest BCUT2D eigenvalue weighted by Crippen LogP contribution is 2.29. The van der Waals surface area contributed by atoms with E-state index in [9.17, 15) is 19.8 Å². The summed E-state index contributed by atoms with van der Waals surface area (Å²) in [5, 5.41) is 19.9. The maximum absolute atomic E-state index is 12.9. The Hall–Kier alpha value is -3.28. The highest BCUT2D eigenvalue weighted by Gasteiger charge is 2.18. The highest BCUT2D eigenvalue weighted by molar-refractivity contribution is 6.16. The largest absolute Gasteiger partial charge is 0.504 e. The van der Waals surface area contributed by atoms with Crippen molar-refractivity contribution in [1.29, 1.82) is 0 Å². The van der Waals surface area contributed by atoms with E-state index >= 15 is 0 Å². The van der Waals surface area contributed by atoms with Crippen molar-refractivity contribution in [3.63, 3.8) is 0 Å². The Kier molecular flexibility index (Phi) is 5.45. The first-order valence-corrected chi connectivity index (χ1v) is 8.81. The number of nitrogens with zero attached hydrogens (tertiary/aromatic N) is 1. The van der Waals surface area contributed by atoms with Crippen molar-refractivity contribution >= 4 is 22.7 Å². The van der Waals surface area contributed by atoms with Crippen molar-refractivity contribution in [1.82, 2.24) is 4.57 Å². The van der Waals surface area contributed by atoms with Gasteiger partial charge >= 0.3 is 5.97 Å². The number of phenolic OH excluding ortho intramolecular Hbond substituents is 2. The lowest BCUT2D eigenvalue weighted by molar-refractivity contribution is -0.143. The minimum atomic E-state index is -0.334. The van der Waals surface area contributed by atoms with Gasteiger partial charge in [-0.3, -0.25) is 9.59 Å². The van der Waals surface area contributed by atoms with Crippen LogP contribution in [-0.4, -0.2) is 33.1 Å². The molecule has 0 aliphatic carbocycles. The fourth-order valence-electron chi connectivity index (χ4n) is 3.06. The number of carbonyl (C=O) groups is 2. The Morgan fingerprint density at radius 2 is 1.85 bits per heavy atom. The summed E-state index contributed by atoms with van der Waals surface area (Å²) in [5.41, 5.74) is 1.69. The molecule has 0 amide bonds. The molecule has 2 aromatic carbocycles. The van der Waals surface area contributed by atoms with Gasteiger partial charge in [0.1, 0.15) is 0 Å². The van der Waals surface area contributed by atoms with Gasteiger partial charge in [0.15, 0.2) is 17.3 Å². The molecule has 0 atom stereocenters. The van der Waals surface area contributed by atoms with Crippen LogP contribution in [0, 0.1) is 0 Å². The molecule has 0 saturated carbocycles. The van der Waals surface area contributed by atoms with Crippen LogP contribution in [0.1, 0.15) is 35.7 Å². The number of benzene rings is 2. The second-order valence-electron chi connectivity index (χ2n) is 6.19. The number of para-hydroxylation sites is 1. The summed E-state index contributed by atoms with van der Waals surface area (Å²) in [6.45, 7) is 2.72. The maximum atomic E-state index is 12.9. The number of aryl methyl sites for hydroxylation is 1. The third-order valence-corrected chi connectivity index (χ3v) is 4.36. The molecule has 0 unspecified atom stereocenters. The predicted molar refractivity (Wildman–Crippen MR) is 101 cm³/mol. The van der Waals surface area contributed by atoms with E-state index in [1.54, 1.807) is 13.1 Å². The molecule has 0 bridgehead atoms. The SMILES string of the molecule is CCOC(=O)CCCn1cc(C(=O)c2ccc(O)c(O)c2)c2ccccc21. The first kappa shape index (κ1) is 18.5.